The van der Waals surface area contributed by atoms with Crippen molar-refractivity contribution in [2.75, 3.05) is 12.5 Å². The summed E-state index contributed by atoms with van der Waals surface area (Å²) in [5.41, 5.74) is 5.59. The molecule has 96 valence electrons. The lowest BCUT2D eigenvalue weighted by Gasteiger charge is -2.15. The predicted octanol–water partition coefficient (Wildman–Crippen LogP) is 1.76. The first-order chi connectivity index (χ1) is 8.67. The summed E-state index contributed by atoms with van der Waals surface area (Å²) < 4.78 is 0. The maximum atomic E-state index is 5.38. The third-order valence-electron chi connectivity index (χ3n) is 2.51. The fourth-order valence-corrected chi connectivity index (χ4v) is 2.35. The monoisotopic (exact) mass is 263 g/mol. The highest BCUT2D eigenvalue weighted by Gasteiger charge is 2.05. The molecular weight excluding hydrogens is 246 g/mol. The highest BCUT2D eigenvalue weighted by molar-refractivity contribution is 7.09. The first-order valence-corrected chi connectivity index (χ1v) is 6.56. The summed E-state index contributed by atoms with van der Waals surface area (Å²) in [5, 5.41) is 3.20. The molecule has 0 unspecified atom stereocenters. The van der Waals surface area contributed by atoms with E-state index in [1.54, 1.807) is 17.5 Å². The third kappa shape index (κ3) is 3.49. The first kappa shape index (κ1) is 12.9. The van der Waals surface area contributed by atoms with Gasteiger partial charge in [0.2, 0.25) is 0 Å². The van der Waals surface area contributed by atoms with Crippen molar-refractivity contribution in [3.05, 3.63) is 40.1 Å². The number of nitrogens with zero attached hydrogens (tertiary/aromatic N) is 3. The van der Waals surface area contributed by atoms with Gasteiger partial charge in [-0.25, -0.2) is 4.98 Å². The Morgan fingerprint density at radius 1 is 1.39 bits per heavy atom. The third-order valence-corrected chi connectivity index (χ3v) is 3.34. The van der Waals surface area contributed by atoms with Crippen LogP contribution in [0.5, 0.6) is 0 Å². The van der Waals surface area contributed by atoms with Crippen molar-refractivity contribution >= 4 is 17.0 Å². The molecule has 0 saturated carbocycles. The van der Waals surface area contributed by atoms with Crippen molar-refractivity contribution < 1.29 is 0 Å². The second kappa shape index (κ2) is 5.90. The van der Waals surface area contributed by atoms with Crippen LogP contribution in [0.2, 0.25) is 0 Å². The Morgan fingerprint density at radius 3 is 2.83 bits per heavy atom. The van der Waals surface area contributed by atoms with Gasteiger partial charge in [0.25, 0.3) is 0 Å². The van der Waals surface area contributed by atoms with Crippen LogP contribution in [-0.4, -0.2) is 21.9 Å². The van der Waals surface area contributed by atoms with Crippen LogP contribution in [0.1, 0.15) is 16.4 Å². The number of anilines is 1. The lowest BCUT2D eigenvalue weighted by Crippen LogP contribution is -2.18. The molecule has 0 aliphatic rings. The molecule has 2 heterocycles. The van der Waals surface area contributed by atoms with Gasteiger partial charge in [0, 0.05) is 24.7 Å². The van der Waals surface area contributed by atoms with Gasteiger partial charge in [-0.3, -0.25) is 15.7 Å². The Balaban J connectivity index is 1.96. The van der Waals surface area contributed by atoms with E-state index in [9.17, 15) is 0 Å². The standard InChI is InChI=1S/C12H17N5S/c1-9-15-12(8-18-9)7-17(2)6-11-5-10(16-13)3-4-14-11/h3-5,8H,6-7,13H2,1-2H3,(H,14,16). The van der Waals surface area contributed by atoms with E-state index in [0.29, 0.717) is 0 Å². The highest BCUT2D eigenvalue weighted by Crippen LogP contribution is 2.12. The van der Waals surface area contributed by atoms with Crippen LogP contribution in [0.4, 0.5) is 5.69 Å². The highest BCUT2D eigenvalue weighted by atomic mass is 32.1. The van der Waals surface area contributed by atoms with Gasteiger partial charge in [-0.05, 0) is 26.1 Å². The lowest BCUT2D eigenvalue weighted by molar-refractivity contribution is 0.312. The van der Waals surface area contributed by atoms with Gasteiger partial charge >= 0.3 is 0 Å². The van der Waals surface area contributed by atoms with Gasteiger partial charge in [-0.2, -0.15) is 0 Å². The Kier molecular flexibility index (Phi) is 4.24. The van der Waals surface area contributed by atoms with Crippen molar-refractivity contribution in [2.24, 2.45) is 5.84 Å². The maximum absolute atomic E-state index is 5.38. The van der Waals surface area contributed by atoms with Gasteiger partial charge in [0.05, 0.1) is 22.1 Å². The van der Waals surface area contributed by atoms with E-state index in [-0.39, 0.29) is 0 Å². The molecule has 0 saturated heterocycles. The molecule has 0 atom stereocenters. The summed E-state index contributed by atoms with van der Waals surface area (Å²) in [6.45, 7) is 3.62. The van der Waals surface area contributed by atoms with Crippen LogP contribution < -0.4 is 11.3 Å². The van der Waals surface area contributed by atoms with Crippen LogP contribution in [0.15, 0.2) is 23.7 Å². The van der Waals surface area contributed by atoms with E-state index in [2.05, 4.69) is 32.7 Å². The Bertz CT molecular complexity index is 511. The minimum atomic E-state index is 0.770. The summed E-state index contributed by atoms with van der Waals surface area (Å²) in [5.74, 6) is 5.38. The fourth-order valence-electron chi connectivity index (χ4n) is 1.74. The number of thiazole rings is 1. The lowest BCUT2D eigenvalue weighted by atomic mass is 10.3. The van der Waals surface area contributed by atoms with Crippen molar-refractivity contribution in [1.29, 1.82) is 0 Å². The van der Waals surface area contributed by atoms with E-state index in [4.69, 9.17) is 5.84 Å². The zero-order valence-electron chi connectivity index (χ0n) is 10.6. The van der Waals surface area contributed by atoms with Gasteiger partial charge in [0.15, 0.2) is 0 Å². The number of pyridine rings is 1. The van der Waals surface area contributed by atoms with Crippen molar-refractivity contribution in [1.82, 2.24) is 14.9 Å². The molecule has 0 fully saturated rings. The average molecular weight is 263 g/mol. The molecule has 6 heteroatoms. The summed E-state index contributed by atoms with van der Waals surface area (Å²) in [6, 6.07) is 3.79. The van der Waals surface area contributed by atoms with E-state index in [1.165, 1.54) is 0 Å². The molecule has 0 aliphatic carbocycles. The van der Waals surface area contributed by atoms with E-state index in [1.807, 2.05) is 19.1 Å². The molecule has 0 aliphatic heterocycles. The molecule has 0 bridgehead atoms. The maximum Gasteiger partial charge on any atom is 0.0897 e. The van der Waals surface area contributed by atoms with Crippen LogP contribution in [0.25, 0.3) is 0 Å². The summed E-state index contributed by atoms with van der Waals surface area (Å²) in [4.78, 5) is 10.9. The number of rotatable bonds is 5. The second-order valence-corrected chi connectivity index (χ2v) is 5.27. The number of hydrogen-bond donors (Lipinski definition) is 2. The zero-order valence-corrected chi connectivity index (χ0v) is 11.4. The smallest absolute Gasteiger partial charge is 0.0897 e. The van der Waals surface area contributed by atoms with Crippen LogP contribution in [0, 0.1) is 6.92 Å². The fraction of sp³-hybridized carbons (Fsp3) is 0.333. The zero-order chi connectivity index (χ0) is 13.0. The molecule has 5 nitrogen and oxygen atoms in total. The number of aromatic nitrogens is 2. The Morgan fingerprint density at radius 2 is 2.17 bits per heavy atom. The SMILES string of the molecule is Cc1nc(CN(C)Cc2cc(NN)ccn2)cs1. The topological polar surface area (TPSA) is 67.1 Å². The molecular formula is C12H17N5S. The average Bonchev–Trinajstić information content (AvgIpc) is 2.74. The minimum absolute atomic E-state index is 0.770. The minimum Gasteiger partial charge on any atom is -0.324 e. The number of nitrogen functional groups attached to an aromatic ring is 1. The quantitative estimate of drug-likeness (QED) is 0.635. The molecule has 2 aromatic rings. The Labute approximate surface area is 111 Å². The molecule has 3 N–H and O–H groups in total. The molecule has 0 spiro atoms. The Hall–Kier alpha value is -1.50. The van der Waals surface area contributed by atoms with Crippen LogP contribution in [-0.2, 0) is 13.1 Å². The molecule has 2 aromatic heterocycles. The normalized spacial score (nSPS) is 10.9. The van der Waals surface area contributed by atoms with Crippen LogP contribution in [0.3, 0.4) is 0 Å². The van der Waals surface area contributed by atoms with E-state index in [0.717, 1.165) is 35.2 Å². The molecule has 18 heavy (non-hydrogen) atoms. The second-order valence-electron chi connectivity index (χ2n) is 4.21. The predicted molar refractivity (Wildman–Crippen MR) is 74.1 cm³/mol. The van der Waals surface area contributed by atoms with Crippen LogP contribution >= 0.6 is 11.3 Å². The number of hydrazine groups is 1. The van der Waals surface area contributed by atoms with Gasteiger partial charge < -0.3 is 5.43 Å². The summed E-state index contributed by atoms with van der Waals surface area (Å²) in [7, 11) is 2.05. The first-order valence-electron chi connectivity index (χ1n) is 5.68. The van der Waals surface area contributed by atoms with Gasteiger partial charge in [-0.15, -0.1) is 11.3 Å². The van der Waals surface area contributed by atoms with Crippen molar-refractivity contribution in [3.8, 4) is 0 Å². The number of hydrogen-bond acceptors (Lipinski definition) is 6. The number of nitrogens with two attached hydrogens (primary N) is 1. The number of nitrogens with one attached hydrogen (secondary N) is 1. The van der Waals surface area contributed by atoms with Crippen molar-refractivity contribution in [2.45, 2.75) is 20.0 Å². The largest absolute Gasteiger partial charge is 0.324 e. The summed E-state index contributed by atoms with van der Waals surface area (Å²) >= 11 is 1.68. The molecule has 0 radical (unpaired) electrons. The molecule has 0 amide bonds. The summed E-state index contributed by atoms with van der Waals surface area (Å²) in [6.07, 6.45) is 1.76. The van der Waals surface area contributed by atoms with E-state index >= 15 is 0 Å². The molecule has 0 aromatic carbocycles. The molecule has 2 rings (SSSR count). The van der Waals surface area contributed by atoms with Gasteiger partial charge in [-0.1, -0.05) is 0 Å². The van der Waals surface area contributed by atoms with E-state index < -0.39 is 0 Å². The van der Waals surface area contributed by atoms with Gasteiger partial charge in [0.1, 0.15) is 0 Å². The van der Waals surface area contributed by atoms with Crippen molar-refractivity contribution in [3.63, 3.8) is 0 Å². The number of aryl methyl sites for hydroxylation is 1.